The minimum atomic E-state index is 0.746. The van der Waals surface area contributed by atoms with E-state index >= 15 is 0 Å². The summed E-state index contributed by atoms with van der Waals surface area (Å²) >= 11 is 1.84. The van der Waals surface area contributed by atoms with Crippen LogP contribution in [0, 0.1) is 13.8 Å². The quantitative estimate of drug-likeness (QED) is 0.875. The zero-order valence-corrected chi connectivity index (χ0v) is 13.9. The first kappa shape index (κ1) is 14.7. The Morgan fingerprint density at radius 2 is 1.90 bits per heavy atom. The molecule has 0 amide bonds. The van der Waals surface area contributed by atoms with Crippen molar-refractivity contribution in [2.45, 2.75) is 59.0 Å². The topological polar surface area (TPSA) is 37.8 Å². The van der Waals surface area contributed by atoms with Crippen molar-refractivity contribution in [1.82, 2.24) is 15.3 Å². The van der Waals surface area contributed by atoms with Crippen LogP contribution in [0.5, 0.6) is 0 Å². The Balaban J connectivity index is 1.88. The Bertz CT molecular complexity index is 609. The normalized spacial score (nSPS) is 14.6. The number of aromatic nitrogens is 2. The van der Waals surface area contributed by atoms with Gasteiger partial charge in [-0.3, -0.25) is 4.98 Å². The molecule has 0 radical (unpaired) electrons. The molecule has 0 aromatic carbocycles. The van der Waals surface area contributed by atoms with Crippen LogP contribution in [0.2, 0.25) is 0 Å². The van der Waals surface area contributed by atoms with Gasteiger partial charge in [0.05, 0.1) is 5.69 Å². The molecule has 0 saturated heterocycles. The summed E-state index contributed by atoms with van der Waals surface area (Å²) in [4.78, 5) is 10.8. The largest absolute Gasteiger partial charge is 0.309 e. The lowest BCUT2D eigenvalue weighted by Gasteiger charge is -2.01. The maximum atomic E-state index is 4.90. The van der Waals surface area contributed by atoms with E-state index in [1.165, 1.54) is 29.0 Å². The molecule has 0 unspecified atom stereocenters. The van der Waals surface area contributed by atoms with Crippen molar-refractivity contribution in [2.24, 2.45) is 0 Å². The number of pyridine rings is 1. The van der Waals surface area contributed by atoms with Crippen LogP contribution in [0.15, 0.2) is 12.1 Å². The minimum Gasteiger partial charge on any atom is -0.309 e. The summed E-state index contributed by atoms with van der Waals surface area (Å²) in [5.41, 5.74) is 4.61. The molecule has 1 fully saturated rings. The van der Waals surface area contributed by atoms with Gasteiger partial charge in [0, 0.05) is 34.4 Å². The van der Waals surface area contributed by atoms with Crippen LogP contribution in [0.1, 0.15) is 48.1 Å². The van der Waals surface area contributed by atoms with E-state index in [9.17, 15) is 0 Å². The van der Waals surface area contributed by atoms with Crippen LogP contribution in [0.3, 0.4) is 0 Å². The van der Waals surface area contributed by atoms with Crippen LogP contribution in [-0.2, 0) is 13.0 Å². The maximum Gasteiger partial charge on any atom is 0.124 e. The Morgan fingerprint density at radius 3 is 2.52 bits per heavy atom. The number of aryl methyl sites for hydroxylation is 3. The second kappa shape index (κ2) is 6.24. The second-order valence-electron chi connectivity index (χ2n) is 5.93. The average molecular weight is 301 g/mol. The summed E-state index contributed by atoms with van der Waals surface area (Å²) in [5.74, 6) is 0. The number of hydrogen-bond acceptors (Lipinski definition) is 4. The molecule has 3 nitrogen and oxygen atoms in total. The molecule has 0 spiro atoms. The standard InChI is InChI=1S/C17H23N3S/c1-4-5-15-16(10-18-14-6-7-14)21-17(20-15)13-8-11(2)19-12(3)9-13/h8-9,14,18H,4-7,10H2,1-3H3. The summed E-state index contributed by atoms with van der Waals surface area (Å²) in [7, 11) is 0. The average Bonchev–Trinajstić information content (AvgIpc) is 3.17. The Kier molecular flexibility index (Phi) is 4.36. The van der Waals surface area contributed by atoms with Crippen LogP contribution in [0.4, 0.5) is 0 Å². The van der Waals surface area contributed by atoms with E-state index in [-0.39, 0.29) is 0 Å². The SMILES string of the molecule is CCCc1nc(-c2cc(C)nc(C)c2)sc1CNC1CC1. The molecule has 2 aromatic heterocycles. The molecule has 3 rings (SSSR count). The van der Waals surface area contributed by atoms with Crippen molar-refractivity contribution in [3.63, 3.8) is 0 Å². The van der Waals surface area contributed by atoms with E-state index in [1.54, 1.807) is 0 Å². The van der Waals surface area contributed by atoms with Gasteiger partial charge in [0.25, 0.3) is 0 Å². The predicted octanol–water partition coefficient (Wildman–Crippen LogP) is 4.03. The molecule has 21 heavy (non-hydrogen) atoms. The molecule has 4 heteroatoms. The van der Waals surface area contributed by atoms with E-state index < -0.39 is 0 Å². The first-order chi connectivity index (χ1) is 10.2. The van der Waals surface area contributed by atoms with E-state index in [1.807, 2.05) is 25.2 Å². The van der Waals surface area contributed by atoms with Gasteiger partial charge in [0.15, 0.2) is 0 Å². The summed E-state index contributed by atoms with van der Waals surface area (Å²) in [5, 5.41) is 4.76. The zero-order valence-electron chi connectivity index (χ0n) is 13.1. The van der Waals surface area contributed by atoms with Crippen molar-refractivity contribution < 1.29 is 0 Å². The number of hydrogen-bond donors (Lipinski definition) is 1. The molecule has 2 heterocycles. The summed E-state index contributed by atoms with van der Waals surface area (Å²) in [6.45, 7) is 7.29. The lowest BCUT2D eigenvalue weighted by Crippen LogP contribution is -2.15. The van der Waals surface area contributed by atoms with Crippen LogP contribution < -0.4 is 5.32 Å². The smallest absolute Gasteiger partial charge is 0.124 e. The Hall–Kier alpha value is -1.26. The predicted molar refractivity (Wildman–Crippen MR) is 88.7 cm³/mol. The maximum absolute atomic E-state index is 4.90. The minimum absolute atomic E-state index is 0.746. The highest BCUT2D eigenvalue weighted by molar-refractivity contribution is 7.15. The van der Waals surface area contributed by atoms with E-state index in [2.05, 4.69) is 29.4 Å². The highest BCUT2D eigenvalue weighted by Gasteiger charge is 2.21. The fourth-order valence-corrected chi connectivity index (χ4v) is 3.61. The van der Waals surface area contributed by atoms with Crippen molar-refractivity contribution in [1.29, 1.82) is 0 Å². The van der Waals surface area contributed by atoms with Crippen LogP contribution in [-0.4, -0.2) is 16.0 Å². The van der Waals surface area contributed by atoms with E-state index in [4.69, 9.17) is 4.98 Å². The molecule has 0 bridgehead atoms. The first-order valence-corrected chi connectivity index (χ1v) is 8.65. The van der Waals surface area contributed by atoms with Gasteiger partial charge in [-0.2, -0.15) is 0 Å². The van der Waals surface area contributed by atoms with Crippen molar-refractivity contribution in [2.75, 3.05) is 0 Å². The first-order valence-electron chi connectivity index (χ1n) is 7.83. The van der Waals surface area contributed by atoms with Gasteiger partial charge < -0.3 is 5.32 Å². The molecule has 1 aliphatic carbocycles. The third-order valence-electron chi connectivity index (χ3n) is 3.72. The third-order valence-corrected chi connectivity index (χ3v) is 4.87. The molecule has 1 aliphatic rings. The zero-order chi connectivity index (χ0) is 14.8. The van der Waals surface area contributed by atoms with Gasteiger partial charge in [-0.25, -0.2) is 4.98 Å². The number of nitrogens with zero attached hydrogens (tertiary/aromatic N) is 2. The Morgan fingerprint density at radius 1 is 1.19 bits per heavy atom. The van der Waals surface area contributed by atoms with Gasteiger partial charge in [-0.15, -0.1) is 11.3 Å². The lowest BCUT2D eigenvalue weighted by atomic mass is 10.2. The Labute approximate surface area is 130 Å². The fourth-order valence-electron chi connectivity index (χ4n) is 2.56. The van der Waals surface area contributed by atoms with Gasteiger partial charge in [0.1, 0.15) is 5.01 Å². The number of thiazole rings is 1. The highest BCUT2D eigenvalue weighted by atomic mass is 32.1. The van der Waals surface area contributed by atoms with Crippen molar-refractivity contribution in [3.8, 4) is 10.6 Å². The summed E-state index contributed by atoms with van der Waals surface area (Å²) < 4.78 is 0. The van der Waals surface area contributed by atoms with Crippen molar-refractivity contribution >= 4 is 11.3 Å². The lowest BCUT2D eigenvalue weighted by molar-refractivity contribution is 0.686. The molecule has 1 saturated carbocycles. The van der Waals surface area contributed by atoms with Crippen molar-refractivity contribution in [3.05, 3.63) is 34.1 Å². The molecule has 112 valence electrons. The van der Waals surface area contributed by atoms with E-state index in [0.717, 1.165) is 41.8 Å². The van der Waals surface area contributed by atoms with Gasteiger partial charge >= 0.3 is 0 Å². The molecule has 0 atom stereocenters. The molecule has 0 aliphatic heterocycles. The van der Waals surface area contributed by atoms with Crippen LogP contribution >= 0.6 is 11.3 Å². The van der Waals surface area contributed by atoms with Gasteiger partial charge in [-0.1, -0.05) is 13.3 Å². The molecular weight excluding hydrogens is 278 g/mol. The number of nitrogens with one attached hydrogen (secondary N) is 1. The highest BCUT2D eigenvalue weighted by Crippen LogP contribution is 2.30. The third kappa shape index (κ3) is 3.69. The van der Waals surface area contributed by atoms with Crippen LogP contribution in [0.25, 0.3) is 10.6 Å². The molecule has 1 N–H and O–H groups in total. The number of rotatable bonds is 6. The monoisotopic (exact) mass is 301 g/mol. The van der Waals surface area contributed by atoms with Gasteiger partial charge in [0.2, 0.25) is 0 Å². The van der Waals surface area contributed by atoms with E-state index in [0.29, 0.717) is 0 Å². The fraction of sp³-hybridized carbons (Fsp3) is 0.529. The molecule has 2 aromatic rings. The summed E-state index contributed by atoms with van der Waals surface area (Å²) in [6.07, 6.45) is 4.88. The van der Waals surface area contributed by atoms with Gasteiger partial charge in [-0.05, 0) is 45.2 Å². The summed E-state index contributed by atoms with van der Waals surface area (Å²) in [6, 6.07) is 5.02. The second-order valence-corrected chi connectivity index (χ2v) is 7.02. The molecular formula is C17H23N3S.